The van der Waals surface area contributed by atoms with Gasteiger partial charge in [0.05, 0.1) is 0 Å². The Hall–Kier alpha value is -0.110. The van der Waals surface area contributed by atoms with Crippen LogP contribution in [0.3, 0.4) is 0 Å². The number of halogens is 1. The molecule has 1 saturated carbocycles. The molecule has 0 amide bonds. The van der Waals surface area contributed by atoms with Gasteiger partial charge in [-0.1, -0.05) is 40.9 Å². The van der Waals surface area contributed by atoms with E-state index in [0.29, 0.717) is 0 Å². The van der Waals surface area contributed by atoms with Crippen LogP contribution in [0.1, 0.15) is 38.5 Å². The summed E-state index contributed by atoms with van der Waals surface area (Å²) in [5.74, 6) is 0. The number of carbonyl (C=O) groups is 1. The molecular formula is C11H15BrO. The number of hydrogen-bond acceptors (Lipinski definition) is 1. The lowest BCUT2D eigenvalue weighted by Crippen LogP contribution is -2.48. The van der Waals surface area contributed by atoms with Gasteiger partial charge in [0.1, 0.15) is 6.29 Å². The van der Waals surface area contributed by atoms with Crippen LogP contribution in [0.5, 0.6) is 0 Å². The molecular weight excluding hydrogens is 228 g/mol. The molecule has 0 aromatic carbocycles. The molecule has 2 atom stereocenters. The number of aldehydes is 1. The average molecular weight is 243 g/mol. The van der Waals surface area contributed by atoms with Crippen LogP contribution in [0, 0.1) is 5.41 Å². The maximum absolute atomic E-state index is 11.3. The van der Waals surface area contributed by atoms with E-state index in [9.17, 15) is 4.79 Å². The number of carbonyl (C=O) groups excluding carboxylic acids is 1. The van der Waals surface area contributed by atoms with Crippen molar-refractivity contribution in [1.82, 2.24) is 0 Å². The van der Waals surface area contributed by atoms with Gasteiger partial charge < -0.3 is 4.79 Å². The highest BCUT2D eigenvalue weighted by atomic mass is 79.9. The standard InChI is InChI=1S/C11H15BrO/c12-11-7-3-1-5-10(11,9-13)6-2-4-8-11/h1,3,9H,2,4-8H2. The van der Waals surface area contributed by atoms with Crippen LogP contribution in [-0.2, 0) is 4.79 Å². The Balaban J connectivity index is 2.35. The van der Waals surface area contributed by atoms with Crippen LogP contribution < -0.4 is 0 Å². The van der Waals surface area contributed by atoms with Crippen molar-refractivity contribution in [1.29, 1.82) is 0 Å². The predicted octanol–water partition coefficient (Wildman–Crippen LogP) is 3.23. The van der Waals surface area contributed by atoms with Crippen LogP contribution in [0.25, 0.3) is 0 Å². The Labute approximate surface area is 87.7 Å². The first-order chi connectivity index (χ1) is 6.22. The number of allylic oxidation sites excluding steroid dienone is 2. The zero-order chi connectivity index (χ0) is 9.36. The summed E-state index contributed by atoms with van der Waals surface area (Å²) in [6.07, 6.45) is 12.2. The molecule has 2 rings (SSSR count). The Bertz CT molecular complexity index is 248. The minimum atomic E-state index is -0.0972. The van der Waals surface area contributed by atoms with Gasteiger partial charge in [-0.15, -0.1) is 0 Å². The molecule has 2 heteroatoms. The molecule has 0 spiro atoms. The fourth-order valence-corrected chi connectivity index (χ4v) is 3.61. The van der Waals surface area contributed by atoms with E-state index in [2.05, 4.69) is 28.1 Å². The van der Waals surface area contributed by atoms with E-state index in [4.69, 9.17) is 0 Å². The maximum Gasteiger partial charge on any atom is 0.127 e. The number of alkyl halides is 1. The van der Waals surface area contributed by atoms with Crippen LogP contribution in [0.2, 0.25) is 0 Å². The van der Waals surface area contributed by atoms with Crippen molar-refractivity contribution in [3.8, 4) is 0 Å². The topological polar surface area (TPSA) is 17.1 Å². The highest BCUT2D eigenvalue weighted by Crippen LogP contribution is 2.54. The third-order valence-electron chi connectivity index (χ3n) is 3.65. The quantitative estimate of drug-likeness (QED) is 0.392. The molecule has 0 heterocycles. The summed E-state index contributed by atoms with van der Waals surface area (Å²) in [5, 5.41) is 0. The van der Waals surface area contributed by atoms with E-state index in [1.807, 2.05) is 0 Å². The summed E-state index contributed by atoms with van der Waals surface area (Å²) in [7, 11) is 0. The van der Waals surface area contributed by atoms with Crippen LogP contribution in [0.4, 0.5) is 0 Å². The van der Waals surface area contributed by atoms with Gasteiger partial charge in [0.15, 0.2) is 0 Å². The zero-order valence-electron chi connectivity index (χ0n) is 7.76. The highest BCUT2D eigenvalue weighted by molar-refractivity contribution is 9.10. The SMILES string of the molecule is O=CC12CC=CCC1(Br)CCCC2. The molecule has 2 aliphatic rings. The second-order valence-corrected chi connectivity index (χ2v) is 5.84. The van der Waals surface area contributed by atoms with E-state index in [1.54, 1.807) is 0 Å². The lowest BCUT2D eigenvalue weighted by molar-refractivity contribution is -0.119. The molecule has 1 nitrogen and oxygen atoms in total. The smallest absolute Gasteiger partial charge is 0.127 e. The minimum Gasteiger partial charge on any atom is -0.303 e. The Kier molecular flexibility index (Phi) is 2.35. The van der Waals surface area contributed by atoms with E-state index in [0.717, 1.165) is 25.7 Å². The summed E-state index contributed by atoms with van der Waals surface area (Å²) in [6.45, 7) is 0. The Morgan fingerprint density at radius 1 is 1.15 bits per heavy atom. The van der Waals surface area contributed by atoms with Gasteiger partial charge in [0.25, 0.3) is 0 Å². The first-order valence-electron chi connectivity index (χ1n) is 5.03. The summed E-state index contributed by atoms with van der Waals surface area (Å²) in [4.78, 5) is 11.3. The molecule has 13 heavy (non-hydrogen) atoms. The Morgan fingerprint density at radius 3 is 2.54 bits per heavy atom. The van der Waals surface area contributed by atoms with Crippen LogP contribution >= 0.6 is 15.9 Å². The van der Waals surface area contributed by atoms with Crippen molar-refractivity contribution in [2.45, 2.75) is 42.8 Å². The largest absolute Gasteiger partial charge is 0.303 e. The second-order valence-electron chi connectivity index (χ2n) is 4.33. The third kappa shape index (κ3) is 1.30. The van der Waals surface area contributed by atoms with Crippen LogP contribution in [0.15, 0.2) is 12.2 Å². The molecule has 72 valence electrons. The molecule has 0 aromatic rings. The van der Waals surface area contributed by atoms with Crippen molar-refractivity contribution >= 4 is 22.2 Å². The van der Waals surface area contributed by atoms with Gasteiger partial charge >= 0.3 is 0 Å². The van der Waals surface area contributed by atoms with Gasteiger partial charge in [-0.3, -0.25) is 0 Å². The normalized spacial score (nSPS) is 44.1. The fraction of sp³-hybridized carbons (Fsp3) is 0.727. The first-order valence-corrected chi connectivity index (χ1v) is 5.82. The van der Waals surface area contributed by atoms with Crippen molar-refractivity contribution in [3.05, 3.63) is 12.2 Å². The Morgan fingerprint density at radius 2 is 1.85 bits per heavy atom. The maximum atomic E-state index is 11.3. The molecule has 1 fully saturated rings. The fourth-order valence-electron chi connectivity index (χ4n) is 2.69. The summed E-state index contributed by atoms with van der Waals surface area (Å²) < 4.78 is 0.0781. The van der Waals surface area contributed by atoms with Crippen molar-refractivity contribution in [2.75, 3.05) is 0 Å². The van der Waals surface area contributed by atoms with Gasteiger partial charge in [0.2, 0.25) is 0 Å². The summed E-state index contributed by atoms with van der Waals surface area (Å²) >= 11 is 3.81. The van der Waals surface area contributed by atoms with Crippen LogP contribution in [-0.4, -0.2) is 10.6 Å². The van der Waals surface area contributed by atoms with Crippen molar-refractivity contribution in [3.63, 3.8) is 0 Å². The molecule has 0 radical (unpaired) electrons. The van der Waals surface area contributed by atoms with Crippen molar-refractivity contribution < 1.29 is 4.79 Å². The van der Waals surface area contributed by atoms with E-state index in [-0.39, 0.29) is 9.74 Å². The lowest BCUT2D eigenvalue weighted by atomic mass is 9.62. The lowest BCUT2D eigenvalue weighted by Gasteiger charge is -2.48. The second kappa shape index (κ2) is 3.23. The molecule has 0 aliphatic heterocycles. The average Bonchev–Trinajstić information content (AvgIpc) is 2.17. The molecule has 0 saturated heterocycles. The molecule has 2 aliphatic carbocycles. The number of fused-ring (bicyclic) bond motifs is 1. The van der Waals surface area contributed by atoms with E-state index >= 15 is 0 Å². The van der Waals surface area contributed by atoms with Crippen molar-refractivity contribution in [2.24, 2.45) is 5.41 Å². The van der Waals surface area contributed by atoms with E-state index in [1.165, 1.54) is 19.1 Å². The molecule has 0 N–H and O–H groups in total. The first kappa shape index (κ1) is 9.45. The summed E-state index contributed by atoms with van der Waals surface area (Å²) in [5.41, 5.74) is -0.0972. The number of hydrogen-bond donors (Lipinski definition) is 0. The van der Waals surface area contributed by atoms with Gasteiger partial charge in [0, 0.05) is 9.74 Å². The predicted molar refractivity (Wildman–Crippen MR) is 57.0 cm³/mol. The van der Waals surface area contributed by atoms with Gasteiger partial charge in [-0.25, -0.2) is 0 Å². The van der Waals surface area contributed by atoms with Gasteiger partial charge in [-0.2, -0.15) is 0 Å². The highest BCUT2D eigenvalue weighted by Gasteiger charge is 2.50. The van der Waals surface area contributed by atoms with E-state index < -0.39 is 0 Å². The zero-order valence-corrected chi connectivity index (χ0v) is 9.35. The minimum absolute atomic E-state index is 0.0781. The summed E-state index contributed by atoms with van der Waals surface area (Å²) in [6, 6.07) is 0. The molecule has 0 bridgehead atoms. The monoisotopic (exact) mass is 242 g/mol. The molecule has 2 unspecified atom stereocenters. The third-order valence-corrected chi connectivity index (χ3v) is 5.16. The van der Waals surface area contributed by atoms with Gasteiger partial charge in [-0.05, 0) is 25.7 Å². The molecule has 0 aromatic heterocycles. The number of rotatable bonds is 1.